The molecule has 108 valence electrons. The first-order valence-corrected chi connectivity index (χ1v) is 5.93. The summed E-state index contributed by atoms with van der Waals surface area (Å²) in [7, 11) is 2.89. The number of benzene rings is 1. The SMILES string of the molecule is COc1cc(CCN)cc(OC)c1OC(C)C(F)F. The number of nitrogens with two attached hydrogens (primary N) is 1. The van der Waals surface area contributed by atoms with E-state index in [-0.39, 0.29) is 5.75 Å². The maximum Gasteiger partial charge on any atom is 0.274 e. The van der Waals surface area contributed by atoms with Gasteiger partial charge in [-0.05, 0) is 37.6 Å². The fraction of sp³-hybridized carbons (Fsp3) is 0.538. The van der Waals surface area contributed by atoms with Gasteiger partial charge in [-0.2, -0.15) is 0 Å². The zero-order valence-electron chi connectivity index (χ0n) is 11.3. The van der Waals surface area contributed by atoms with Crippen LogP contribution in [-0.4, -0.2) is 33.3 Å². The second-order valence-corrected chi connectivity index (χ2v) is 4.03. The maximum absolute atomic E-state index is 12.6. The lowest BCUT2D eigenvalue weighted by molar-refractivity contribution is 0.0199. The number of rotatable bonds is 7. The summed E-state index contributed by atoms with van der Waals surface area (Å²) in [6.07, 6.45) is -3.20. The number of hydrogen-bond donors (Lipinski definition) is 1. The zero-order valence-corrected chi connectivity index (χ0v) is 11.3. The molecule has 0 saturated heterocycles. The molecule has 0 saturated carbocycles. The first kappa shape index (κ1) is 15.5. The van der Waals surface area contributed by atoms with E-state index >= 15 is 0 Å². The molecule has 0 aliphatic heterocycles. The normalized spacial score (nSPS) is 12.4. The van der Waals surface area contributed by atoms with E-state index in [0.29, 0.717) is 24.5 Å². The molecule has 0 aliphatic carbocycles. The monoisotopic (exact) mass is 275 g/mol. The highest BCUT2D eigenvalue weighted by molar-refractivity contribution is 5.54. The quantitative estimate of drug-likeness (QED) is 0.829. The first-order chi connectivity index (χ1) is 9.03. The summed E-state index contributed by atoms with van der Waals surface area (Å²) in [6, 6.07) is 3.42. The van der Waals surface area contributed by atoms with E-state index < -0.39 is 12.5 Å². The van der Waals surface area contributed by atoms with Gasteiger partial charge in [0.05, 0.1) is 14.2 Å². The lowest BCUT2D eigenvalue weighted by Gasteiger charge is -2.19. The molecule has 6 heteroatoms. The standard InChI is InChI=1S/C13H19F2NO3/c1-8(13(14)15)19-12-10(17-2)6-9(4-5-16)7-11(12)18-3/h6-8,13H,4-5,16H2,1-3H3. The molecule has 0 heterocycles. The molecular weight excluding hydrogens is 256 g/mol. The van der Waals surface area contributed by atoms with Gasteiger partial charge >= 0.3 is 0 Å². The fourth-order valence-electron chi connectivity index (χ4n) is 1.60. The van der Waals surface area contributed by atoms with E-state index in [2.05, 4.69) is 0 Å². The second-order valence-electron chi connectivity index (χ2n) is 4.03. The third-order valence-electron chi connectivity index (χ3n) is 2.61. The molecule has 0 bridgehead atoms. The summed E-state index contributed by atoms with van der Waals surface area (Å²) in [4.78, 5) is 0. The average molecular weight is 275 g/mol. The highest BCUT2D eigenvalue weighted by Gasteiger charge is 2.22. The van der Waals surface area contributed by atoms with Crippen LogP contribution in [0.4, 0.5) is 8.78 Å². The van der Waals surface area contributed by atoms with Gasteiger partial charge in [-0.1, -0.05) is 0 Å². The van der Waals surface area contributed by atoms with Gasteiger partial charge in [-0.3, -0.25) is 0 Å². The summed E-state index contributed by atoms with van der Waals surface area (Å²) < 4.78 is 40.7. The Kier molecular flexibility index (Phi) is 5.82. The van der Waals surface area contributed by atoms with Crippen molar-refractivity contribution < 1.29 is 23.0 Å². The van der Waals surface area contributed by atoms with Crippen molar-refractivity contribution >= 4 is 0 Å². The minimum absolute atomic E-state index is 0.179. The molecule has 1 atom stereocenters. The third-order valence-corrected chi connectivity index (χ3v) is 2.61. The predicted octanol–water partition coefficient (Wildman–Crippen LogP) is 2.24. The van der Waals surface area contributed by atoms with Crippen LogP contribution in [0.15, 0.2) is 12.1 Å². The maximum atomic E-state index is 12.6. The second kappa shape index (κ2) is 7.13. The molecule has 1 aromatic rings. The lowest BCUT2D eigenvalue weighted by atomic mass is 10.1. The van der Waals surface area contributed by atoms with Crippen molar-refractivity contribution in [3.05, 3.63) is 17.7 Å². The minimum atomic E-state index is -2.59. The van der Waals surface area contributed by atoms with Gasteiger partial charge in [0.1, 0.15) is 0 Å². The molecule has 4 nitrogen and oxygen atoms in total. The molecule has 1 aromatic carbocycles. The molecule has 19 heavy (non-hydrogen) atoms. The van der Waals surface area contributed by atoms with Crippen molar-refractivity contribution in [1.29, 1.82) is 0 Å². The van der Waals surface area contributed by atoms with Crippen molar-refractivity contribution in [2.24, 2.45) is 5.73 Å². The summed E-state index contributed by atoms with van der Waals surface area (Å²) >= 11 is 0. The number of methoxy groups -OCH3 is 2. The largest absolute Gasteiger partial charge is 0.493 e. The van der Waals surface area contributed by atoms with Gasteiger partial charge in [-0.25, -0.2) is 8.78 Å². The Morgan fingerprint density at radius 3 is 2.05 bits per heavy atom. The van der Waals surface area contributed by atoms with E-state index in [0.717, 1.165) is 5.56 Å². The van der Waals surface area contributed by atoms with Gasteiger partial charge in [-0.15, -0.1) is 0 Å². The number of ether oxygens (including phenoxy) is 3. The highest BCUT2D eigenvalue weighted by Crippen LogP contribution is 2.39. The first-order valence-electron chi connectivity index (χ1n) is 5.93. The van der Waals surface area contributed by atoms with E-state index in [1.165, 1.54) is 21.1 Å². The van der Waals surface area contributed by atoms with E-state index in [1.807, 2.05) is 0 Å². The molecule has 1 unspecified atom stereocenters. The Balaban J connectivity index is 3.13. The smallest absolute Gasteiger partial charge is 0.274 e. The molecule has 0 fully saturated rings. The van der Waals surface area contributed by atoms with Gasteiger partial charge in [0.25, 0.3) is 6.43 Å². The topological polar surface area (TPSA) is 53.7 Å². The van der Waals surface area contributed by atoms with Crippen LogP contribution in [0, 0.1) is 0 Å². The summed E-state index contributed by atoms with van der Waals surface area (Å²) in [5.41, 5.74) is 6.39. The molecular formula is C13H19F2NO3. The Morgan fingerprint density at radius 1 is 1.16 bits per heavy atom. The molecule has 0 aliphatic rings. The summed E-state index contributed by atoms with van der Waals surface area (Å²) in [5.74, 6) is 0.893. The Bertz CT molecular complexity index is 388. The average Bonchev–Trinajstić information content (AvgIpc) is 2.39. The minimum Gasteiger partial charge on any atom is -0.493 e. The molecule has 0 aromatic heterocycles. The lowest BCUT2D eigenvalue weighted by Crippen LogP contribution is -2.21. The van der Waals surface area contributed by atoms with Crippen LogP contribution in [0.1, 0.15) is 12.5 Å². The van der Waals surface area contributed by atoms with Crippen LogP contribution in [0.25, 0.3) is 0 Å². The van der Waals surface area contributed by atoms with E-state index in [9.17, 15) is 8.78 Å². The predicted molar refractivity (Wildman–Crippen MR) is 68.4 cm³/mol. The summed E-state index contributed by atoms with van der Waals surface area (Å²) in [5, 5.41) is 0. The Labute approximate surface area is 111 Å². The molecule has 0 amide bonds. The van der Waals surface area contributed by atoms with Crippen molar-refractivity contribution in [2.75, 3.05) is 20.8 Å². The van der Waals surface area contributed by atoms with Crippen LogP contribution in [0.3, 0.4) is 0 Å². The van der Waals surface area contributed by atoms with E-state index in [1.54, 1.807) is 12.1 Å². The van der Waals surface area contributed by atoms with Crippen LogP contribution in [0.5, 0.6) is 17.2 Å². The Hall–Kier alpha value is -1.56. The van der Waals surface area contributed by atoms with E-state index in [4.69, 9.17) is 19.9 Å². The highest BCUT2D eigenvalue weighted by atomic mass is 19.3. The molecule has 1 rings (SSSR count). The molecule has 0 spiro atoms. The van der Waals surface area contributed by atoms with Crippen molar-refractivity contribution in [3.63, 3.8) is 0 Å². The number of halogens is 2. The van der Waals surface area contributed by atoms with Crippen LogP contribution >= 0.6 is 0 Å². The molecule has 0 radical (unpaired) electrons. The van der Waals surface area contributed by atoms with Crippen LogP contribution in [0.2, 0.25) is 0 Å². The Morgan fingerprint density at radius 2 is 1.68 bits per heavy atom. The van der Waals surface area contributed by atoms with Crippen LogP contribution < -0.4 is 19.9 Å². The van der Waals surface area contributed by atoms with Crippen molar-refractivity contribution in [2.45, 2.75) is 25.9 Å². The van der Waals surface area contributed by atoms with Crippen LogP contribution in [-0.2, 0) is 6.42 Å². The molecule has 2 N–H and O–H groups in total. The summed E-state index contributed by atoms with van der Waals surface area (Å²) in [6.45, 7) is 1.76. The van der Waals surface area contributed by atoms with Gasteiger partial charge in [0, 0.05) is 0 Å². The zero-order chi connectivity index (χ0) is 14.4. The van der Waals surface area contributed by atoms with Crippen molar-refractivity contribution in [1.82, 2.24) is 0 Å². The third kappa shape index (κ3) is 3.96. The van der Waals surface area contributed by atoms with Gasteiger partial charge < -0.3 is 19.9 Å². The number of alkyl halides is 2. The van der Waals surface area contributed by atoms with Crippen molar-refractivity contribution in [3.8, 4) is 17.2 Å². The number of hydrogen-bond acceptors (Lipinski definition) is 4. The van der Waals surface area contributed by atoms with Gasteiger partial charge in [0.15, 0.2) is 17.6 Å². The van der Waals surface area contributed by atoms with Gasteiger partial charge in [0.2, 0.25) is 5.75 Å². The fourth-order valence-corrected chi connectivity index (χ4v) is 1.60.